The van der Waals surface area contributed by atoms with Crippen molar-refractivity contribution in [3.05, 3.63) is 76.5 Å². The first kappa shape index (κ1) is 15.8. The van der Waals surface area contributed by atoms with Gasteiger partial charge in [0.25, 0.3) is 0 Å². The van der Waals surface area contributed by atoms with Crippen LogP contribution in [-0.4, -0.2) is 13.1 Å². The third-order valence-corrected chi connectivity index (χ3v) is 5.72. The summed E-state index contributed by atoms with van der Waals surface area (Å²) in [4.78, 5) is 15.1. The number of carbonyl (C=O) groups is 1. The Hall–Kier alpha value is -2.04. The van der Waals surface area contributed by atoms with Crippen LogP contribution in [0.5, 0.6) is 0 Å². The smallest absolute Gasteiger partial charge is 0.348 e. The summed E-state index contributed by atoms with van der Waals surface area (Å²) in [5.41, 5.74) is 1.99. The Morgan fingerprint density at radius 2 is 1.70 bits per heavy atom. The summed E-state index contributed by atoms with van der Waals surface area (Å²) in [7, 11) is 1.43. The van der Waals surface area contributed by atoms with E-state index in [9.17, 15) is 4.79 Å². The zero-order chi connectivity index (χ0) is 16.1. The van der Waals surface area contributed by atoms with Crippen molar-refractivity contribution >= 4 is 29.1 Å². The lowest BCUT2D eigenvalue weighted by Crippen LogP contribution is -1.99. The number of benzene rings is 2. The number of rotatable bonds is 5. The van der Waals surface area contributed by atoms with Crippen molar-refractivity contribution in [3.63, 3.8) is 0 Å². The van der Waals surface area contributed by atoms with Gasteiger partial charge in [-0.05, 0) is 23.8 Å². The molecule has 2 nitrogen and oxygen atoms in total. The molecule has 0 aliphatic rings. The Balaban J connectivity index is 1.87. The maximum absolute atomic E-state index is 12.1. The molecule has 4 heteroatoms. The van der Waals surface area contributed by atoms with Gasteiger partial charge in [0.2, 0.25) is 0 Å². The highest BCUT2D eigenvalue weighted by Gasteiger charge is 2.18. The molecular weight excluding hydrogens is 324 g/mol. The second-order valence-corrected chi connectivity index (χ2v) is 7.10. The van der Waals surface area contributed by atoms with Gasteiger partial charge in [-0.25, -0.2) is 4.79 Å². The maximum Gasteiger partial charge on any atom is 0.348 e. The molecule has 0 amide bonds. The van der Waals surface area contributed by atoms with Gasteiger partial charge in [-0.2, -0.15) is 0 Å². The van der Waals surface area contributed by atoms with Crippen LogP contribution in [0, 0.1) is 0 Å². The lowest BCUT2D eigenvalue weighted by Gasteiger charge is -2.01. The topological polar surface area (TPSA) is 26.3 Å². The zero-order valence-electron chi connectivity index (χ0n) is 12.7. The lowest BCUT2D eigenvalue weighted by atomic mass is 10.1. The molecule has 0 radical (unpaired) electrons. The van der Waals surface area contributed by atoms with E-state index < -0.39 is 0 Å². The highest BCUT2D eigenvalue weighted by atomic mass is 32.2. The molecule has 0 spiro atoms. The highest BCUT2D eigenvalue weighted by Crippen LogP contribution is 2.35. The van der Waals surface area contributed by atoms with Crippen molar-refractivity contribution in [2.24, 2.45) is 0 Å². The van der Waals surface area contributed by atoms with Gasteiger partial charge in [-0.1, -0.05) is 48.5 Å². The van der Waals surface area contributed by atoms with Crippen molar-refractivity contribution in [1.29, 1.82) is 0 Å². The Kier molecular flexibility index (Phi) is 5.16. The summed E-state index contributed by atoms with van der Waals surface area (Å²) in [6.45, 7) is 0. The van der Waals surface area contributed by atoms with Crippen molar-refractivity contribution < 1.29 is 9.53 Å². The average Bonchev–Trinajstić information content (AvgIpc) is 3.05. The molecule has 0 bridgehead atoms. The summed E-state index contributed by atoms with van der Waals surface area (Å²) in [6, 6.07) is 22.3. The van der Waals surface area contributed by atoms with Crippen molar-refractivity contribution in [2.45, 2.75) is 10.6 Å². The molecule has 2 aromatic carbocycles. The molecule has 0 aliphatic heterocycles. The molecule has 116 valence electrons. The van der Waals surface area contributed by atoms with Gasteiger partial charge in [0, 0.05) is 21.1 Å². The second-order valence-electron chi connectivity index (χ2n) is 4.91. The minimum Gasteiger partial charge on any atom is -0.465 e. The van der Waals surface area contributed by atoms with E-state index in [4.69, 9.17) is 4.74 Å². The van der Waals surface area contributed by atoms with E-state index in [1.54, 1.807) is 11.8 Å². The Labute approximate surface area is 144 Å². The number of thioether (sulfide) groups is 1. The van der Waals surface area contributed by atoms with Gasteiger partial charge >= 0.3 is 5.97 Å². The van der Waals surface area contributed by atoms with Crippen LogP contribution in [0.25, 0.3) is 11.1 Å². The molecule has 1 heterocycles. The molecule has 0 N–H and O–H groups in total. The van der Waals surface area contributed by atoms with Gasteiger partial charge in [0.05, 0.1) is 7.11 Å². The molecule has 1 aromatic heterocycles. The number of methoxy groups -OCH3 is 1. The van der Waals surface area contributed by atoms with Gasteiger partial charge < -0.3 is 4.74 Å². The SMILES string of the molecule is COC(=O)c1sc(CSc2ccccc2)cc1-c1ccccc1. The summed E-state index contributed by atoms with van der Waals surface area (Å²) < 4.78 is 4.94. The van der Waals surface area contributed by atoms with E-state index >= 15 is 0 Å². The van der Waals surface area contributed by atoms with Crippen molar-refractivity contribution in [1.82, 2.24) is 0 Å². The van der Waals surface area contributed by atoms with Crippen LogP contribution in [-0.2, 0) is 10.5 Å². The first-order chi connectivity index (χ1) is 11.3. The molecule has 0 atom stereocenters. The van der Waals surface area contributed by atoms with E-state index in [0.29, 0.717) is 4.88 Å². The number of esters is 1. The molecule has 0 aliphatic carbocycles. The fraction of sp³-hybridized carbons (Fsp3) is 0.105. The number of hydrogen-bond acceptors (Lipinski definition) is 4. The van der Waals surface area contributed by atoms with Gasteiger partial charge in [-0.3, -0.25) is 0 Å². The standard InChI is InChI=1S/C19H16O2S2/c1-21-19(20)18-17(14-8-4-2-5-9-14)12-16(23-18)13-22-15-10-6-3-7-11-15/h2-12H,13H2,1H3. The average molecular weight is 340 g/mol. The first-order valence-corrected chi connectivity index (χ1v) is 9.02. The number of ether oxygens (including phenoxy) is 1. The minimum atomic E-state index is -0.273. The van der Waals surface area contributed by atoms with Crippen LogP contribution in [0.1, 0.15) is 14.5 Å². The highest BCUT2D eigenvalue weighted by molar-refractivity contribution is 7.98. The normalized spacial score (nSPS) is 10.5. The minimum absolute atomic E-state index is 0.273. The largest absolute Gasteiger partial charge is 0.465 e. The Morgan fingerprint density at radius 1 is 1.04 bits per heavy atom. The third-order valence-electron chi connectivity index (χ3n) is 3.36. The van der Waals surface area contributed by atoms with Crippen molar-refractivity contribution in [2.75, 3.05) is 7.11 Å². The molecule has 0 saturated carbocycles. The molecule has 0 fully saturated rings. The van der Waals surface area contributed by atoms with E-state index in [0.717, 1.165) is 21.8 Å². The van der Waals surface area contributed by atoms with Crippen LogP contribution < -0.4 is 0 Å². The van der Waals surface area contributed by atoms with Crippen LogP contribution in [0.3, 0.4) is 0 Å². The quantitative estimate of drug-likeness (QED) is 0.453. The van der Waals surface area contributed by atoms with E-state index in [-0.39, 0.29) is 5.97 Å². The number of thiophene rings is 1. The molecule has 0 saturated heterocycles. The van der Waals surface area contributed by atoms with Crippen LogP contribution >= 0.6 is 23.1 Å². The lowest BCUT2D eigenvalue weighted by molar-refractivity contribution is 0.0607. The summed E-state index contributed by atoms with van der Waals surface area (Å²) in [5.74, 6) is 0.565. The summed E-state index contributed by atoms with van der Waals surface area (Å²) in [6.07, 6.45) is 0. The predicted molar refractivity (Wildman–Crippen MR) is 97.1 cm³/mol. The summed E-state index contributed by atoms with van der Waals surface area (Å²) in [5, 5.41) is 0. The predicted octanol–water partition coefficient (Wildman–Crippen LogP) is 5.49. The monoisotopic (exact) mass is 340 g/mol. The second kappa shape index (κ2) is 7.49. The van der Waals surface area contributed by atoms with Crippen LogP contribution in [0.2, 0.25) is 0 Å². The first-order valence-electron chi connectivity index (χ1n) is 7.22. The van der Waals surface area contributed by atoms with Crippen LogP contribution in [0.15, 0.2) is 71.6 Å². The van der Waals surface area contributed by atoms with E-state index in [2.05, 4.69) is 18.2 Å². The van der Waals surface area contributed by atoms with E-state index in [1.807, 2.05) is 48.5 Å². The van der Waals surface area contributed by atoms with Gasteiger partial charge in [-0.15, -0.1) is 23.1 Å². The van der Waals surface area contributed by atoms with E-state index in [1.165, 1.54) is 23.3 Å². The Bertz CT molecular complexity index is 780. The zero-order valence-corrected chi connectivity index (χ0v) is 14.3. The van der Waals surface area contributed by atoms with Crippen molar-refractivity contribution in [3.8, 4) is 11.1 Å². The molecule has 23 heavy (non-hydrogen) atoms. The Morgan fingerprint density at radius 3 is 2.35 bits per heavy atom. The number of carbonyl (C=O) groups excluding carboxylic acids is 1. The van der Waals surface area contributed by atoms with Gasteiger partial charge in [0.15, 0.2) is 0 Å². The molecular formula is C19H16O2S2. The number of hydrogen-bond donors (Lipinski definition) is 0. The third kappa shape index (κ3) is 3.84. The molecule has 3 rings (SSSR count). The fourth-order valence-electron chi connectivity index (χ4n) is 2.26. The molecule has 3 aromatic rings. The van der Waals surface area contributed by atoms with Crippen LogP contribution in [0.4, 0.5) is 0 Å². The maximum atomic E-state index is 12.1. The fourth-order valence-corrected chi connectivity index (χ4v) is 4.31. The van der Waals surface area contributed by atoms with Gasteiger partial charge in [0.1, 0.15) is 4.88 Å². The molecule has 0 unspecified atom stereocenters. The summed E-state index contributed by atoms with van der Waals surface area (Å²) >= 11 is 3.28.